The van der Waals surface area contributed by atoms with Gasteiger partial charge in [-0.1, -0.05) is 12.5 Å². The molecule has 0 unspecified atom stereocenters. The maximum atomic E-state index is 12.6. The monoisotopic (exact) mass is 335 g/mol. The molecule has 1 saturated carbocycles. The molecule has 0 aliphatic heterocycles. The SMILES string of the molecule is Cc1cc(C2CCC2)oc(=O)c1C(=O)Nc1nccc2cccnc12. The second kappa shape index (κ2) is 6.12. The van der Waals surface area contributed by atoms with Gasteiger partial charge >= 0.3 is 5.63 Å². The summed E-state index contributed by atoms with van der Waals surface area (Å²) in [6, 6.07) is 7.30. The molecule has 1 amide bonds. The fourth-order valence-electron chi connectivity index (χ4n) is 3.06. The Morgan fingerprint density at radius 2 is 2.08 bits per heavy atom. The van der Waals surface area contributed by atoms with E-state index in [1.54, 1.807) is 25.4 Å². The number of carbonyl (C=O) groups is 1. The summed E-state index contributed by atoms with van der Waals surface area (Å²) in [6.07, 6.45) is 6.43. The second-order valence-electron chi connectivity index (χ2n) is 6.31. The van der Waals surface area contributed by atoms with Gasteiger partial charge in [-0.05, 0) is 43.5 Å². The number of aromatic nitrogens is 2. The fraction of sp³-hybridized carbons (Fsp3) is 0.263. The molecule has 4 rings (SSSR count). The Kier molecular flexibility index (Phi) is 3.80. The van der Waals surface area contributed by atoms with E-state index in [0.29, 0.717) is 28.6 Å². The molecule has 3 aromatic rings. The number of anilines is 1. The first kappa shape index (κ1) is 15.5. The minimum absolute atomic E-state index is 0.0119. The Labute approximate surface area is 143 Å². The van der Waals surface area contributed by atoms with Crippen LogP contribution in [0.15, 0.2) is 45.9 Å². The third-order valence-electron chi connectivity index (χ3n) is 4.66. The summed E-state index contributed by atoms with van der Waals surface area (Å²) in [5, 5.41) is 3.55. The molecule has 1 N–H and O–H groups in total. The minimum Gasteiger partial charge on any atom is -0.427 e. The maximum Gasteiger partial charge on any atom is 0.349 e. The first-order valence-corrected chi connectivity index (χ1v) is 8.29. The van der Waals surface area contributed by atoms with Crippen molar-refractivity contribution in [2.45, 2.75) is 32.1 Å². The summed E-state index contributed by atoms with van der Waals surface area (Å²) in [6.45, 7) is 1.75. The van der Waals surface area contributed by atoms with Crippen LogP contribution < -0.4 is 10.9 Å². The lowest BCUT2D eigenvalue weighted by molar-refractivity contribution is 0.102. The quantitative estimate of drug-likeness (QED) is 0.793. The van der Waals surface area contributed by atoms with E-state index < -0.39 is 11.5 Å². The van der Waals surface area contributed by atoms with E-state index in [1.807, 2.05) is 18.2 Å². The van der Waals surface area contributed by atoms with E-state index in [4.69, 9.17) is 4.42 Å². The molecule has 1 aliphatic rings. The zero-order chi connectivity index (χ0) is 17.4. The van der Waals surface area contributed by atoms with Crippen molar-refractivity contribution < 1.29 is 9.21 Å². The van der Waals surface area contributed by atoms with Crippen molar-refractivity contribution in [1.82, 2.24) is 9.97 Å². The minimum atomic E-state index is -0.604. The van der Waals surface area contributed by atoms with Gasteiger partial charge in [0.05, 0.1) is 0 Å². The van der Waals surface area contributed by atoms with Crippen molar-refractivity contribution in [1.29, 1.82) is 0 Å². The topological polar surface area (TPSA) is 85.1 Å². The largest absolute Gasteiger partial charge is 0.427 e. The summed E-state index contributed by atoms with van der Waals surface area (Å²) in [7, 11) is 0. The summed E-state index contributed by atoms with van der Waals surface area (Å²) in [4.78, 5) is 33.4. The number of aryl methyl sites for hydroxylation is 1. The predicted octanol–water partition coefficient (Wildman–Crippen LogP) is 3.41. The molecule has 1 fully saturated rings. The van der Waals surface area contributed by atoms with Gasteiger partial charge in [0.25, 0.3) is 5.91 Å². The van der Waals surface area contributed by atoms with Gasteiger partial charge in [0.1, 0.15) is 16.8 Å². The van der Waals surface area contributed by atoms with Crippen LogP contribution in [0.3, 0.4) is 0 Å². The third kappa shape index (κ3) is 2.80. The van der Waals surface area contributed by atoms with Crippen LogP contribution in [0, 0.1) is 6.92 Å². The molecular formula is C19H17N3O3. The zero-order valence-electron chi connectivity index (χ0n) is 13.8. The number of nitrogens with zero attached hydrogens (tertiary/aromatic N) is 2. The van der Waals surface area contributed by atoms with Crippen LogP contribution in [0.2, 0.25) is 0 Å². The standard InChI is InChI=1S/C19H17N3O3/c1-11-10-14(12-4-2-5-12)25-19(24)15(11)18(23)22-17-16-13(7-9-21-17)6-3-8-20-16/h3,6-10,12H,2,4-5H2,1H3,(H,21,22,23). The van der Waals surface area contributed by atoms with E-state index in [1.165, 1.54) is 0 Å². The van der Waals surface area contributed by atoms with Gasteiger partial charge in [-0.15, -0.1) is 0 Å². The van der Waals surface area contributed by atoms with Gasteiger partial charge in [-0.3, -0.25) is 9.78 Å². The Bertz CT molecular complexity index is 1020. The molecule has 0 radical (unpaired) electrons. The van der Waals surface area contributed by atoms with Crippen molar-refractivity contribution in [2.75, 3.05) is 5.32 Å². The number of nitrogens with one attached hydrogen (secondary N) is 1. The van der Waals surface area contributed by atoms with Crippen LogP contribution in [0.5, 0.6) is 0 Å². The lowest BCUT2D eigenvalue weighted by atomic mass is 9.83. The molecule has 0 bridgehead atoms. The molecule has 3 heterocycles. The highest BCUT2D eigenvalue weighted by Gasteiger charge is 2.25. The predicted molar refractivity (Wildman–Crippen MR) is 93.8 cm³/mol. The van der Waals surface area contributed by atoms with Gasteiger partial charge < -0.3 is 9.73 Å². The van der Waals surface area contributed by atoms with E-state index in [0.717, 1.165) is 24.6 Å². The molecule has 0 spiro atoms. The molecule has 0 atom stereocenters. The normalized spacial score (nSPS) is 14.3. The number of rotatable bonds is 3. The molecule has 0 aromatic carbocycles. The van der Waals surface area contributed by atoms with Gasteiger partial charge in [0.15, 0.2) is 5.82 Å². The molecule has 126 valence electrons. The second-order valence-corrected chi connectivity index (χ2v) is 6.31. The molecule has 0 saturated heterocycles. The van der Waals surface area contributed by atoms with E-state index in [-0.39, 0.29) is 5.56 Å². The molecule has 1 aliphatic carbocycles. The zero-order valence-corrected chi connectivity index (χ0v) is 13.8. The summed E-state index contributed by atoms with van der Waals surface area (Å²) < 4.78 is 5.39. The van der Waals surface area contributed by atoms with Crippen molar-refractivity contribution in [3.63, 3.8) is 0 Å². The van der Waals surface area contributed by atoms with Crippen LogP contribution in [-0.4, -0.2) is 15.9 Å². The highest BCUT2D eigenvalue weighted by molar-refractivity contribution is 6.07. The van der Waals surface area contributed by atoms with Crippen molar-refractivity contribution >= 4 is 22.6 Å². The Hall–Kier alpha value is -3.02. The first-order chi connectivity index (χ1) is 12.1. The number of amides is 1. The summed E-state index contributed by atoms with van der Waals surface area (Å²) in [5.74, 6) is 0.768. The lowest BCUT2D eigenvalue weighted by Crippen LogP contribution is -2.24. The van der Waals surface area contributed by atoms with Crippen molar-refractivity contribution in [2.24, 2.45) is 0 Å². The number of pyridine rings is 2. The Balaban J connectivity index is 1.68. The van der Waals surface area contributed by atoms with Crippen LogP contribution in [0.1, 0.15) is 46.9 Å². The summed E-state index contributed by atoms with van der Waals surface area (Å²) in [5.41, 5.74) is 0.598. The lowest BCUT2D eigenvalue weighted by Gasteiger charge is -2.24. The van der Waals surface area contributed by atoms with Crippen LogP contribution in [0.25, 0.3) is 10.9 Å². The fourth-order valence-corrected chi connectivity index (χ4v) is 3.06. The smallest absolute Gasteiger partial charge is 0.349 e. The van der Waals surface area contributed by atoms with Gasteiger partial charge in [-0.2, -0.15) is 0 Å². The van der Waals surface area contributed by atoms with Gasteiger partial charge in [-0.25, -0.2) is 9.78 Å². The molecule has 6 heteroatoms. The average molecular weight is 335 g/mol. The highest BCUT2D eigenvalue weighted by atomic mass is 16.4. The Morgan fingerprint density at radius 3 is 2.80 bits per heavy atom. The number of fused-ring (bicyclic) bond motifs is 1. The number of carbonyl (C=O) groups excluding carboxylic acids is 1. The maximum absolute atomic E-state index is 12.6. The van der Waals surface area contributed by atoms with E-state index in [2.05, 4.69) is 15.3 Å². The average Bonchev–Trinajstić information content (AvgIpc) is 2.53. The van der Waals surface area contributed by atoms with Crippen molar-refractivity contribution in [3.8, 4) is 0 Å². The Morgan fingerprint density at radius 1 is 1.24 bits per heavy atom. The number of hydrogen-bond donors (Lipinski definition) is 1. The third-order valence-corrected chi connectivity index (χ3v) is 4.66. The highest BCUT2D eigenvalue weighted by Crippen LogP contribution is 2.36. The van der Waals surface area contributed by atoms with Crippen LogP contribution >= 0.6 is 0 Å². The van der Waals surface area contributed by atoms with Crippen molar-refractivity contribution in [3.05, 3.63) is 64.0 Å². The number of hydrogen-bond acceptors (Lipinski definition) is 5. The van der Waals surface area contributed by atoms with Gasteiger partial charge in [0.2, 0.25) is 0 Å². The van der Waals surface area contributed by atoms with E-state index in [9.17, 15) is 9.59 Å². The van der Waals surface area contributed by atoms with Gasteiger partial charge in [0, 0.05) is 23.7 Å². The molecule has 3 aromatic heterocycles. The van der Waals surface area contributed by atoms with Crippen LogP contribution in [0.4, 0.5) is 5.82 Å². The molecule has 25 heavy (non-hydrogen) atoms. The van der Waals surface area contributed by atoms with Crippen LogP contribution in [-0.2, 0) is 0 Å². The summed E-state index contributed by atoms with van der Waals surface area (Å²) >= 11 is 0. The van der Waals surface area contributed by atoms with E-state index >= 15 is 0 Å². The molecular weight excluding hydrogens is 318 g/mol. The molecule has 6 nitrogen and oxygen atoms in total. The first-order valence-electron chi connectivity index (χ1n) is 8.29.